The average Bonchev–Trinajstić information content (AvgIpc) is 1.40. The van der Waals surface area contributed by atoms with Crippen LogP contribution in [0.3, 0.4) is 0 Å². The lowest BCUT2D eigenvalue weighted by atomic mass is 9.89. The van der Waals surface area contributed by atoms with Crippen LogP contribution in [0.5, 0.6) is 0 Å². The van der Waals surface area contributed by atoms with Gasteiger partial charge in [-0.25, -0.2) is 14.4 Å². The fraction of sp³-hybridized carbons (Fsp3) is 0.728. The number of amides is 14. The van der Waals surface area contributed by atoms with Crippen LogP contribution in [0.1, 0.15) is 176 Å². The van der Waals surface area contributed by atoms with E-state index in [9.17, 15) is 62.6 Å². The second-order valence-electron chi connectivity index (χ2n) is 37.4. The first-order valence-corrected chi connectivity index (χ1v) is 51.9. The van der Waals surface area contributed by atoms with Crippen LogP contribution in [0.4, 0.5) is 15.3 Å². The van der Waals surface area contributed by atoms with Gasteiger partial charge in [-0.1, -0.05) is 129 Å². The molecule has 2 aromatic rings. The van der Waals surface area contributed by atoms with Crippen LogP contribution >= 0.6 is 0 Å². The van der Waals surface area contributed by atoms with E-state index in [-0.39, 0.29) is 154 Å². The first-order chi connectivity index (χ1) is 71.1. The van der Waals surface area contributed by atoms with Crippen molar-refractivity contribution in [3.8, 4) is 0 Å². The fourth-order valence-electron chi connectivity index (χ4n) is 16.7. The first-order valence-electron chi connectivity index (χ1n) is 51.9. The Hall–Kier alpha value is -10.1. The van der Waals surface area contributed by atoms with Crippen molar-refractivity contribution in [2.24, 2.45) is 35.3 Å². The number of ether oxygens (including phenoxy) is 16. The van der Waals surface area contributed by atoms with Gasteiger partial charge in [-0.15, -0.1) is 0 Å². The number of imide groups is 1. The van der Waals surface area contributed by atoms with Gasteiger partial charge in [0.15, 0.2) is 0 Å². The Balaban J connectivity index is 1.23. The number of hydroxylamine groups is 2. The van der Waals surface area contributed by atoms with Gasteiger partial charge in [0.25, 0.3) is 11.8 Å². The molecule has 838 valence electrons. The normalized spacial score (nSPS) is 19.1. The molecule has 0 bridgehead atoms. The molecule has 13 atom stereocenters. The van der Waals surface area contributed by atoms with Crippen LogP contribution in [0.25, 0.3) is 0 Å². The molecule has 45 nitrogen and oxygen atoms in total. The lowest BCUT2D eigenvalue weighted by Gasteiger charge is -2.41. The molecule has 10 N–H and O–H groups in total. The van der Waals surface area contributed by atoms with Gasteiger partial charge in [0.2, 0.25) is 53.2 Å². The van der Waals surface area contributed by atoms with E-state index >= 15 is 9.59 Å². The minimum absolute atomic E-state index is 0.00135. The van der Waals surface area contributed by atoms with Crippen molar-refractivity contribution in [1.82, 2.24) is 56.6 Å². The van der Waals surface area contributed by atoms with Crippen molar-refractivity contribution >= 4 is 88.8 Å². The Morgan fingerprint density at radius 3 is 1.43 bits per heavy atom. The number of anilines is 1. The van der Waals surface area contributed by atoms with Crippen LogP contribution < -0.4 is 43.0 Å². The van der Waals surface area contributed by atoms with E-state index in [1.54, 1.807) is 91.6 Å². The molecule has 0 unspecified atom stereocenters. The number of unbranched alkanes of at least 4 members (excludes halogenated alkanes) is 3. The highest BCUT2D eigenvalue weighted by atomic mass is 16.7. The van der Waals surface area contributed by atoms with Crippen LogP contribution in [0, 0.1) is 29.6 Å². The van der Waals surface area contributed by atoms with Crippen LogP contribution in [-0.2, 0) is 145 Å². The third-order valence-electron chi connectivity index (χ3n) is 25.1. The molecule has 0 aromatic heterocycles. The number of nitrogens with one attached hydrogen (secondary N) is 7. The highest BCUT2D eigenvalue weighted by molar-refractivity contribution is 6.12. The summed E-state index contributed by atoms with van der Waals surface area (Å²) in [5.41, 5.74) is 6.75. The molecule has 0 spiro atoms. The highest BCUT2D eigenvalue weighted by Gasteiger charge is 2.45. The molecule has 14 amide bonds. The summed E-state index contributed by atoms with van der Waals surface area (Å²) in [6, 6.07) is 6.50. The number of primary amides is 1. The molecule has 2 aromatic carbocycles. The molecule has 3 aliphatic heterocycles. The van der Waals surface area contributed by atoms with Crippen molar-refractivity contribution in [2.75, 3.05) is 232 Å². The molecule has 2 saturated heterocycles. The maximum Gasteiger partial charge on any atom is 0.410 e. The zero-order valence-electron chi connectivity index (χ0n) is 89.3. The number of methoxy groups -OCH3 is 2. The molecule has 0 aliphatic carbocycles. The summed E-state index contributed by atoms with van der Waals surface area (Å²) < 4.78 is 91.5. The average molecular weight is 2100 g/mol. The number of aliphatic hydroxyl groups excluding tert-OH is 1. The van der Waals surface area contributed by atoms with Crippen LogP contribution in [0.15, 0.2) is 66.7 Å². The standard InChI is InChI=1S/C103H169N13O32/c1-15-74(8)93(83(132-13)69-88(121)115-40-24-28-82(115)95(133-14)75(9)96(124)106-76(10)94(123)78-25-19-18-20-26-78)112(11)101(129)91(72(4)5)111-99(127)92(73(6)7)113(12)103(131)147-70-77-31-33-79(34-32-77)107-97(125)80(27-23-39-105-102(104)130)109-98(126)90(71(2)3)110-85(118)36-35-81(108-84(117)29-21-16-17-22-30-89(122)148-116-86(119)37-38-87(116)120)100(128)114-41-43-134-45-47-136-49-51-138-53-55-140-57-59-142-61-63-144-65-67-146-68-66-145-64-62-143-60-58-141-56-54-139-52-50-137-48-46-135-44-42-114/h18-20,25-26,31-34,37-38,71-76,80-83,90-95,123H,15-17,21-24,27-30,35-36,39-70H2,1-14H3,(H,106,124)(H,107,125)(H,108,117)(H,109,126)(H,110,118)(H,111,127)(H3,104,105,130)/t74-,75+,76+,80-,81-,82-,83+,90-,91-,92-,93-,94+,95+/m0/s1. The van der Waals surface area contributed by atoms with Crippen LogP contribution in [-0.4, -0.2) is 400 Å². The number of urea groups is 1. The number of likely N-dealkylation sites (N-methyl/N-ethyl adjacent to an activating group) is 2. The Bertz CT molecular complexity index is 4180. The van der Waals surface area contributed by atoms with E-state index in [0.717, 1.165) is 17.1 Å². The van der Waals surface area contributed by atoms with E-state index < -0.39 is 168 Å². The number of carbonyl (C=O) groups excluding carboxylic acids is 14. The summed E-state index contributed by atoms with van der Waals surface area (Å²) >= 11 is 0. The molecule has 45 heteroatoms. The minimum Gasteiger partial charge on any atom is -0.445 e. The number of nitrogens with two attached hydrogens (primary N) is 1. The van der Waals surface area contributed by atoms with E-state index in [2.05, 4.69) is 37.2 Å². The number of hydrogen-bond donors (Lipinski definition) is 9. The largest absolute Gasteiger partial charge is 0.445 e. The molecule has 3 heterocycles. The monoisotopic (exact) mass is 2100 g/mol. The van der Waals surface area contributed by atoms with Crippen molar-refractivity contribution < 1.29 is 153 Å². The predicted molar refractivity (Wildman–Crippen MR) is 542 cm³/mol. The van der Waals surface area contributed by atoms with Gasteiger partial charge in [0.1, 0.15) is 36.8 Å². The molecular weight excluding hydrogens is 1930 g/mol. The topological polar surface area (TPSA) is 543 Å². The number of nitrogens with zero attached hydrogens (tertiary/aromatic N) is 5. The van der Waals surface area contributed by atoms with Gasteiger partial charge in [0, 0.05) is 91.6 Å². The third-order valence-corrected chi connectivity index (χ3v) is 25.1. The van der Waals surface area contributed by atoms with Gasteiger partial charge < -0.3 is 143 Å². The summed E-state index contributed by atoms with van der Waals surface area (Å²) in [6.07, 6.45) is 1.02. The van der Waals surface area contributed by atoms with Crippen molar-refractivity contribution in [2.45, 2.75) is 232 Å². The highest BCUT2D eigenvalue weighted by Crippen LogP contribution is 2.31. The molecule has 148 heavy (non-hydrogen) atoms. The SMILES string of the molecule is CC[C@H](C)[C@@H]([C@@H](CC(=O)N1CCC[C@H]1[C@H](OC)[C@@H](C)C(=O)N[C@H](C)[C@@H](O)c1ccccc1)OC)N(C)C(=O)[C@@H](NC(=O)[C@H](C(C)C)N(C)C(=O)OCc1ccc(NC(=O)[C@H](CCCNC(N)=O)NC(=O)[C@@H](NC(=O)CC[C@H](NC(=O)CCCCCCC(=O)ON2C(=O)C=CC2=O)C(=O)N2CCOCCOCCOCCOCCOCCOCCOCCOCCOCCOCCOCCOCCOCC2)C(C)C)cc1)C(C)C. The number of hydrogen-bond acceptors (Lipinski definition) is 32. The van der Waals surface area contributed by atoms with E-state index in [1.807, 2.05) is 32.0 Å². The van der Waals surface area contributed by atoms with Crippen molar-refractivity contribution in [1.29, 1.82) is 0 Å². The lowest BCUT2D eigenvalue weighted by molar-refractivity contribution is -0.196. The molecule has 5 rings (SSSR count). The fourth-order valence-corrected chi connectivity index (χ4v) is 16.7. The minimum atomic E-state index is -1.32. The third kappa shape index (κ3) is 49.8. The number of carbonyl (C=O) groups is 14. The van der Waals surface area contributed by atoms with E-state index in [1.165, 1.54) is 43.2 Å². The van der Waals surface area contributed by atoms with Crippen molar-refractivity contribution in [3.63, 3.8) is 0 Å². The summed E-state index contributed by atoms with van der Waals surface area (Å²) in [7, 11) is 6.02. The van der Waals surface area contributed by atoms with E-state index in [4.69, 9.17) is 86.4 Å². The summed E-state index contributed by atoms with van der Waals surface area (Å²) in [4.78, 5) is 203. The van der Waals surface area contributed by atoms with E-state index in [0.29, 0.717) is 173 Å². The van der Waals surface area contributed by atoms with Gasteiger partial charge in [-0.3, -0.25) is 57.6 Å². The lowest BCUT2D eigenvalue weighted by Crippen LogP contribution is -2.60. The zero-order chi connectivity index (χ0) is 109. The van der Waals surface area contributed by atoms with Crippen LogP contribution in [0.2, 0.25) is 0 Å². The Morgan fingerprint density at radius 2 is 0.973 bits per heavy atom. The van der Waals surface area contributed by atoms with Crippen molar-refractivity contribution in [3.05, 3.63) is 77.9 Å². The maximum atomic E-state index is 15.0. The molecular formula is C103H169N13O32. The Kier molecular flexibility index (Phi) is 64.9. The number of rotatable bonds is 45. The number of likely N-dealkylation sites (tertiary alicyclic amines) is 1. The second-order valence-corrected chi connectivity index (χ2v) is 37.4. The number of aliphatic hydroxyl groups is 1. The molecule has 2 fully saturated rings. The first kappa shape index (κ1) is 128. The van der Waals surface area contributed by atoms with Gasteiger partial charge in [-0.05, 0) is 98.8 Å². The Morgan fingerprint density at radius 1 is 0.493 bits per heavy atom. The van der Waals surface area contributed by atoms with Gasteiger partial charge >= 0.3 is 18.1 Å². The predicted octanol–water partition coefficient (Wildman–Crippen LogP) is 4.64. The molecule has 3 aliphatic rings. The summed E-state index contributed by atoms with van der Waals surface area (Å²) in [5, 5.41) is 30.9. The quantitative estimate of drug-likeness (QED) is 0.0322. The zero-order valence-corrected chi connectivity index (χ0v) is 89.3. The maximum absolute atomic E-state index is 15.0. The summed E-state index contributed by atoms with van der Waals surface area (Å²) in [6.45, 7) is 25.9. The van der Waals surface area contributed by atoms with Gasteiger partial charge in [0.05, 0.1) is 221 Å². The van der Waals surface area contributed by atoms with Gasteiger partial charge in [-0.2, -0.15) is 0 Å². The molecule has 0 radical (unpaired) electrons. The summed E-state index contributed by atoms with van der Waals surface area (Å²) in [5.74, 6) is -9.84. The number of benzene rings is 2. The molecule has 0 saturated carbocycles. The smallest absolute Gasteiger partial charge is 0.410 e. The second kappa shape index (κ2) is 74.8. The Labute approximate surface area is 871 Å².